The molecule has 1 N–H and O–H groups in total. The molecule has 5 nitrogen and oxygen atoms in total. The molecule has 0 unspecified atom stereocenters. The maximum atomic E-state index is 6.09. The highest BCUT2D eigenvalue weighted by atomic mass is 35.5. The summed E-state index contributed by atoms with van der Waals surface area (Å²) in [6.07, 6.45) is 1.78. The molecule has 0 aliphatic carbocycles. The minimum absolute atomic E-state index is 0.139. The summed E-state index contributed by atoms with van der Waals surface area (Å²) in [6.45, 7) is 10.1. The molecule has 0 aromatic carbocycles. The molecule has 0 aliphatic heterocycles. The third-order valence-electron chi connectivity index (χ3n) is 3.08. The van der Waals surface area contributed by atoms with Gasteiger partial charge in [-0.1, -0.05) is 32.4 Å². The van der Waals surface area contributed by atoms with Gasteiger partial charge >= 0.3 is 0 Å². The van der Waals surface area contributed by atoms with Crippen molar-refractivity contribution in [3.8, 4) is 5.82 Å². The van der Waals surface area contributed by atoms with Gasteiger partial charge in [0.05, 0.1) is 16.9 Å². The second kappa shape index (κ2) is 5.05. The van der Waals surface area contributed by atoms with Crippen LogP contribution in [-0.4, -0.2) is 26.8 Å². The highest BCUT2D eigenvalue weighted by molar-refractivity contribution is 6.31. The van der Waals surface area contributed by atoms with E-state index < -0.39 is 0 Å². The van der Waals surface area contributed by atoms with E-state index in [1.54, 1.807) is 10.9 Å². The van der Waals surface area contributed by atoms with Crippen molar-refractivity contribution in [2.45, 2.75) is 40.0 Å². The van der Waals surface area contributed by atoms with E-state index in [4.69, 9.17) is 11.6 Å². The number of hydrogen-bond acceptors (Lipinski definition) is 4. The fourth-order valence-corrected chi connectivity index (χ4v) is 1.98. The number of hydrogen-bond donors (Lipinski definition) is 1. The monoisotopic (exact) mass is 293 g/mol. The zero-order valence-electron chi connectivity index (χ0n) is 12.7. The average Bonchev–Trinajstić information content (AvgIpc) is 2.68. The first kappa shape index (κ1) is 14.8. The van der Waals surface area contributed by atoms with Crippen LogP contribution >= 0.6 is 11.6 Å². The summed E-state index contributed by atoms with van der Waals surface area (Å²) in [7, 11) is 1.85. The Hall–Kier alpha value is -1.62. The number of anilines is 1. The third-order valence-corrected chi connectivity index (χ3v) is 3.45. The van der Waals surface area contributed by atoms with E-state index >= 15 is 0 Å². The fourth-order valence-electron chi connectivity index (χ4n) is 1.85. The lowest BCUT2D eigenvalue weighted by Crippen LogP contribution is -2.20. The van der Waals surface area contributed by atoms with Crippen molar-refractivity contribution in [3.05, 3.63) is 28.3 Å². The van der Waals surface area contributed by atoms with Crippen LogP contribution in [-0.2, 0) is 5.41 Å². The van der Waals surface area contributed by atoms with Gasteiger partial charge in [-0.05, 0) is 13.8 Å². The van der Waals surface area contributed by atoms with Gasteiger partial charge in [0, 0.05) is 18.0 Å². The summed E-state index contributed by atoms with van der Waals surface area (Å²) in [4.78, 5) is 9.25. The van der Waals surface area contributed by atoms with Gasteiger partial charge in [-0.15, -0.1) is 0 Å². The van der Waals surface area contributed by atoms with Crippen LogP contribution < -0.4 is 5.32 Å². The van der Waals surface area contributed by atoms with Crippen molar-refractivity contribution in [2.24, 2.45) is 0 Å². The van der Waals surface area contributed by atoms with E-state index in [1.807, 2.05) is 20.9 Å². The SMILES string of the molecule is CNc1nc(C(C)(C)C)nc(-n2cc(Cl)c(C)n2)c1C. The summed E-state index contributed by atoms with van der Waals surface area (Å²) < 4.78 is 1.71. The molecule has 0 spiro atoms. The minimum Gasteiger partial charge on any atom is -0.373 e. The van der Waals surface area contributed by atoms with Gasteiger partial charge in [0.15, 0.2) is 5.82 Å². The minimum atomic E-state index is -0.139. The first-order valence-electron chi connectivity index (χ1n) is 6.53. The van der Waals surface area contributed by atoms with Crippen LogP contribution in [0.25, 0.3) is 5.82 Å². The molecule has 0 aliphatic rings. The normalized spacial score (nSPS) is 11.8. The first-order valence-corrected chi connectivity index (χ1v) is 6.91. The Morgan fingerprint density at radius 3 is 2.30 bits per heavy atom. The zero-order chi connectivity index (χ0) is 15.1. The molecule has 108 valence electrons. The summed E-state index contributed by atoms with van der Waals surface area (Å²) in [5.74, 6) is 2.33. The number of nitrogens with one attached hydrogen (secondary N) is 1. The highest BCUT2D eigenvalue weighted by Crippen LogP contribution is 2.26. The Balaban J connectivity index is 2.68. The molecule has 2 aromatic heterocycles. The average molecular weight is 294 g/mol. The van der Waals surface area contributed by atoms with Gasteiger partial charge in [-0.25, -0.2) is 14.6 Å². The van der Waals surface area contributed by atoms with Crippen LogP contribution in [0.15, 0.2) is 6.20 Å². The van der Waals surface area contributed by atoms with Gasteiger partial charge in [-0.3, -0.25) is 0 Å². The molecule has 0 saturated heterocycles. The van der Waals surface area contributed by atoms with Crippen molar-refractivity contribution in [1.29, 1.82) is 0 Å². The van der Waals surface area contributed by atoms with Crippen LogP contribution in [0.4, 0.5) is 5.82 Å². The molecular weight excluding hydrogens is 274 g/mol. The predicted octanol–water partition coefficient (Wildman–Crippen LogP) is 3.27. The number of rotatable bonds is 2. The Labute approximate surface area is 124 Å². The van der Waals surface area contributed by atoms with Crippen LogP contribution in [0.5, 0.6) is 0 Å². The molecule has 2 aromatic rings. The second-order valence-electron chi connectivity index (χ2n) is 5.85. The van der Waals surface area contributed by atoms with Gasteiger partial charge in [0.25, 0.3) is 0 Å². The Kier molecular flexibility index (Phi) is 3.73. The predicted molar refractivity (Wildman–Crippen MR) is 81.9 cm³/mol. The highest BCUT2D eigenvalue weighted by Gasteiger charge is 2.22. The van der Waals surface area contributed by atoms with E-state index in [2.05, 4.69) is 41.2 Å². The molecule has 2 rings (SSSR count). The van der Waals surface area contributed by atoms with Crippen molar-refractivity contribution < 1.29 is 0 Å². The number of nitrogens with zero attached hydrogens (tertiary/aromatic N) is 4. The van der Waals surface area contributed by atoms with Gasteiger partial charge in [-0.2, -0.15) is 5.10 Å². The lowest BCUT2D eigenvalue weighted by molar-refractivity contribution is 0.542. The van der Waals surface area contributed by atoms with Crippen LogP contribution in [0.2, 0.25) is 5.02 Å². The lowest BCUT2D eigenvalue weighted by Gasteiger charge is -2.20. The fraction of sp³-hybridized carbons (Fsp3) is 0.500. The molecule has 0 bridgehead atoms. The van der Waals surface area contributed by atoms with E-state index in [9.17, 15) is 0 Å². The number of aromatic nitrogens is 4. The van der Waals surface area contributed by atoms with E-state index in [0.717, 1.165) is 28.7 Å². The second-order valence-corrected chi connectivity index (χ2v) is 6.26. The largest absolute Gasteiger partial charge is 0.373 e. The number of halogens is 1. The van der Waals surface area contributed by atoms with Crippen LogP contribution in [0, 0.1) is 13.8 Å². The van der Waals surface area contributed by atoms with E-state index in [1.165, 1.54) is 0 Å². The summed E-state index contributed by atoms with van der Waals surface area (Å²) in [5.41, 5.74) is 1.59. The molecule has 2 heterocycles. The first-order chi connectivity index (χ1) is 9.24. The quantitative estimate of drug-likeness (QED) is 0.923. The summed E-state index contributed by atoms with van der Waals surface area (Å²) >= 11 is 6.09. The van der Waals surface area contributed by atoms with Crippen LogP contribution in [0.3, 0.4) is 0 Å². The molecule has 0 fully saturated rings. The van der Waals surface area contributed by atoms with Crippen LogP contribution in [0.1, 0.15) is 37.9 Å². The molecule has 0 atom stereocenters. The molecule has 6 heteroatoms. The smallest absolute Gasteiger partial charge is 0.162 e. The molecular formula is C14H20ClN5. The third kappa shape index (κ3) is 2.63. The summed E-state index contributed by atoms with van der Waals surface area (Å²) in [6, 6.07) is 0. The number of aryl methyl sites for hydroxylation is 1. The Bertz CT molecular complexity index is 620. The van der Waals surface area contributed by atoms with E-state index in [0.29, 0.717) is 5.02 Å². The molecule has 0 amide bonds. The van der Waals surface area contributed by atoms with Gasteiger partial charge in [0.1, 0.15) is 11.6 Å². The summed E-state index contributed by atoms with van der Waals surface area (Å²) in [5, 5.41) is 8.15. The van der Waals surface area contributed by atoms with Crippen molar-refractivity contribution in [3.63, 3.8) is 0 Å². The lowest BCUT2D eigenvalue weighted by atomic mass is 9.95. The van der Waals surface area contributed by atoms with Crippen molar-refractivity contribution in [1.82, 2.24) is 19.7 Å². The van der Waals surface area contributed by atoms with Crippen molar-refractivity contribution >= 4 is 17.4 Å². The standard InChI is InChI=1S/C14H20ClN5/c1-8-11(16-6)17-13(14(3,4)5)18-12(8)20-7-10(15)9(2)19-20/h7H,1-6H3,(H,16,17,18). The topological polar surface area (TPSA) is 55.6 Å². The van der Waals surface area contributed by atoms with Gasteiger partial charge in [0.2, 0.25) is 0 Å². The molecule has 0 radical (unpaired) electrons. The molecule has 20 heavy (non-hydrogen) atoms. The zero-order valence-corrected chi connectivity index (χ0v) is 13.5. The van der Waals surface area contributed by atoms with Gasteiger partial charge < -0.3 is 5.32 Å². The van der Waals surface area contributed by atoms with E-state index in [-0.39, 0.29) is 5.41 Å². The van der Waals surface area contributed by atoms with Crippen molar-refractivity contribution in [2.75, 3.05) is 12.4 Å². The molecule has 0 saturated carbocycles. The Morgan fingerprint density at radius 2 is 1.85 bits per heavy atom. The Morgan fingerprint density at radius 1 is 1.20 bits per heavy atom. The maximum absolute atomic E-state index is 6.09. The maximum Gasteiger partial charge on any atom is 0.162 e.